The highest BCUT2D eigenvalue weighted by Gasteiger charge is 2.13. The largest absolute Gasteiger partial charge is 0.480 e. The fraction of sp³-hybridized carbons (Fsp3) is 0.300. The molecular weight excluding hydrogens is 324 g/mol. The summed E-state index contributed by atoms with van der Waals surface area (Å²) in [5, 5.41) is 16.1. The zero-order valence-electron chi connectivity index (χ0n) is 9.34. The molecule has 0 radical (unpaired) electrons. The molecule has 2 aromatic heterocycles. The number of ether oxygens (including phenoxy) is 1. The van der Waals surface area contributed by atoms with Gasteiger partial charge in [0.05, 0.1) is 8.66 Å². The van der Waals surface area contributed by atoms with Gasteiger partial charge in [0.25, 0.3) is 5.89 Å². The molecule has 0 aliphatic rings. The van der Waals surface area contributed by atoms with Crippen LogP contribution in [0.2, 0.25) is 0 Å². The molecule has 0 spiro atoms. The van der Waals surface area contributed by atoms with Gasteiger partial charge in [0.1, 0.15) is 13.2 Å². The van der Waals surface area contributed by atoms with Crippen molar-refractivity contribution < 1.29 is 19.1 Å². The first-order chi connectivity index (χ1) is 8.56. The molecule has 1 N–H and O–H groups in total. The topological polar surface area (TPSA) is 85.5 Å². The minimum absolute atomic E-state index is 0.00910. The molecule has 0 atom stereocenters. The van der Waals surface area contributed by atoms with Crippen molar-refractivity contribution in [2.24, 2.45) is 0 Å². The summed E-state index contributed by atoms with van der Waals surface area (Å²) in [6.07, 6.45) is 0. The third-order valence-electron chi connectivity index (χ3n) is 1.99. The normalized spacial score (nSPS) is 10.8. The molecule has 2 rings (SSSR count). The Morgan fingerprint density at radius 2 is 2.39 bits per heavy atom. The molecule has 2 aromatic rings. The predicted molar refractivity (Wildman–Crippen MR) is 67.3 cm³/mol. The summed E-state index contributed by atoms with van der Waals surface area (Å²) < 4.78 is 11.2. The van der Waals surface area contributed by atoms with Crippen LogP contribution in [0.3, 0.4) is 0 Å². The first-order valence-electron chi connectivity index (χ1n) is 4.94. The predicted octanol–water partition coefficient (Wildman–Crippen LogP) is 2.47. The average Bonchev–Trinajstić information content (AvgIpc) is 2.87. The van der Waals surface area contributed by atoms with Gasteiger partial charge < -0.3 is 14.3 Å². The van der Waals surface area contributed by atoms with Gasteiger partial charge >= 0.3 is 5.97 Å². The second-order valence-corrected chi connectivity index (χ2v) is 5.82. The Bertz CT molecular complexity index is 546. The summed E-state index contributed by atoms with van der Waals surface area (Å²) in [5.41, 5.74) is 1.09. The van der Waals surface area contributed by atoms with Crippen LogP contribution >= 0.6 is 27.3 Å². The Hall–Kier alpha value is -1.25. The molecule has 0 amide bonds. The Kier molecular flexibility index (Phi) is 4.10. The van der Waals surface area contributed by atoms with Gasteiger partial charge in [-0.3, -0.25) is 0 Å². The van der Waals surface area contributed by atoms with E-state index in [1.54, 1.807) is 0 Å². The summed E-state index contributed by atoms with van der Waals surface area (Å²) in [6.45, 7) is 1.57. The van der Waals surface area contributed by atoms with E-state index in [1.165, 1.54) is 11.3 Å². The minimum Gasteiger partial charge on any atom is -0.480 e. The number of carbonyl (C=O) groups is 1. The number of aryl methyl sites for hydroxylation is 1. The molecule has 0 aromatic carbocycles. The van der Waals surface area contributed by atoms with Crippen LogP contribution in [0.5, 0.6) is 0 Å². The molecule has 2 heterocycles. The van der Waals surface area contributed by atoms with Crippen LogP contribution in [-0.4, -0.2) is 27.9 Å². The monoisotopic (exact) mass is 332 g/mol. The fourth-order valence-corrected chi connectivity index (χ4v) is 2.66. The minimum atomic E-state index is -1.03. The van der Waals surface area contributed by atoms with E-state index < -0.39 is 5.97 Å². The van der Waals surface area contributed by atoms with Gasteiger partial charge in [-0.25, -0.2) is 4.79 Å². The Morgan fingerprint density at radius 1 is 1.61 bits per heavy atom. The average molecular weight is 333 g/mol. The number of hydrogen-bond acceptors (Lipinski definition) is 6. The number of hydrogen-bond donors (Lipinski definition) is 1. The lowest BCUT2D eigenvalue weighted by Gasteiger charge is -1.94. The number of carboxylic acid groups (broad SMARTS) is 1. The van der Waals surface area contributed by atoms with Crippen molar-refractivity contribution in [1.29, 1.82) is 0 Å². The molecular formula is C10H9BrN2O4S. The third-order valence-corrected chi connectivity index (χ3v) is 4.11. The second kappa shape index (κ2) is 5.59. The molecule has 0 aliphatic carbocycles. The van der Waals surface area contributed by atoms with Crippen LogP contribution in [0.4, 0.5) is 0 Å². The summed E-state index contributed by atoms with van der Waals surface area (Å²) in [4.78, 5) is 11.1. The van der Waals surface area contributed by atoms with Crippen LogP contribution in [0.25, 0.3) is 10.8 Å². The van der Waals surface area contributed by atoms with Crippen LogP contribution in [0.1, 0.15) is 11.5 Å². The molecule has 0 bridgehead atoms. The van der Waals surface area contributed by atoms with Gasteiger partial charge in [-0.05, 0) is 34.5 Å². The standard InChI is InChI=1S/C10H9BrN2O4S/c1-5-2-6(18-9(5)11)10-13-12-7(17-10)3-16-4-8(14)15/h2H,3-4H2,1H3,(H,14,15). The number of halogens is 1. The maximum absolute atomic E-state index is 10.3. The molecule has 0 aliphatic heterocycles. The van der Waals surface area contributed by atoms with Crippen molar-refractivity contribution in [3.8, 4) is 10.8 Å². The molecule has 8 heteroatoms. The molecule has 6 nitrogen and oxygen atoms in total. The van der Waals surface area contributed by atoms with Crippen molar-refractivity contribution in [2.75, 3.05) is 6.61 Å². The van der Waals surface area contributed by atoms with Gasteiger partial charge in [0, 0.05) is 0 Å². The maximum Gasteiger partial charge on any atom is 0.329 e. The molecule has 18 heavy (non-hydrogen) atoms. The Labute approximate surface area is 115 Å². The Morgan fingerprint density at radius 3 is 3.00 bits per heavy atom. The van der Waals surface area contributed by atoms with Gasteiger partial charge in [-0.2, -0.15) is 0 Å². The van der Waals surface area contributed by atoms with E-state index in [1.807, 2.05) is 13.0 Å². The van der Waals surface area contributed by atoms with E-state index in [0.717, 1.165) is 14.2 Å². The lowest BCUT2D eigenvalue weighted by Crippen LogP contribution is -2.06. The van der Waals surface area contributed by atoms with E-state index in [0.29, 0.717) is 5.89 Å². The van der Waals surface area contributed by atoms with Gasteiger partial charge in [-0.15, -0.1) is 21.5 Å². The quantitative estimate of drug-likeness (QED) is 0.905. The first-order valence-corrected chi connectivity index (χ1v) is 6.55. The lowest BCUT2D eigenvalue weighted by molar-refractivity contribution is -0.142. The summed E-state index contributed by atoms with van der Waals surface area (Å²) in [5.74, 6) is -0.372. The zero-order chi connectivity index (χ0) is 13.1. The van der Waals surface area contributed by atoms with Crippen molar-refractivity contribution in [3.63, 3.8) is 0 Å². The summed E-state index contributed by atoms with van der Waals surface area (Å²) >= 11 is 4.91. The number of aromatic nitrogens is 2. The second-order valence-electron chi connectivity index (χ2n) is 3.45. The van der Waals surface area contributed by atoms with Crippen LogP contribution in [-0.2, 0) is 16.1 Å². The van der Waals surface area contributed by atoms with Gasteiger partial charge in [0.2, 0.25) is 5.89 Å². The molecule has 0 unspecified atom stereocenters. The number of nitrogens with zero attached hydrogens (tertiary/aromatic N) is 2. The van der Waals surface area contributed by atoms with Crippen molar-refractivity contribution in [1.82, 2.24) is 10.2 Å². The highest BCUT2D eigenvalue weighted by atomic mass is 79.9. The van der Waals surface area contributed by atoms with Gasteiger partial charge in [0.15, 0.2) is 0 Å². The van der Waals surface area contributed by atoms with Gasteiger partial charge in [-0.1, -0.05) is 0 Å². The molecule has 96 valence electrons. The van der Waals surface area contributed by atoms with E-state index in [4.69, 9.17) is 14.3 Å². The van der Waals surface area contributed by atoms with Crippen LogP contribution in [0, 0.1) is 6.92 Å². The molecule has 0 fully saturated rings. The van der Waals surface area contributed by atoms with Crippen molar-refractivity contribution in [3.05, 3.63) is 21.3 Å². The number of rotatable bonds is 5. The van der Waals surface area contributed by atoms with E-state index in [2.05, 4.69) is 26.1 Å². The lowest BCUT2D eigenvalue weighted by atomic mass is 10.3. The third kappa shape index (κ3) is 3.15. The van der Waals surface area contributed by atoms with Crippen molar-refractivity contribution in [2.45, 2.75) is 13.5 Å². The molecule has 0 saturated heterocycles. The van der Waals surface area contributed by atoms with Crippen LogP contribution < -0.4 is 0 Å². The number of aliphatic carboxylic acids is 1. The fourth-order valence-electron chi connectivity index (χ4n) is 1.20. The zero-order valence-corrected chi connectivity index (χ0v) is 11.7. The van der Waals surface area contributed by atoms with E-state index in [9.17, 15) is 4.79 Å². The summed E-state index contributed by atoms with van der Waals surface area (Å²) in [6, 6.07) is 1.93. The van der Waals surface area contributed by atoms with E-state index >= 15 is 0 Å². The SMILES string of the molecule is Cc1cc(-c2nnc(COCC(=O)O)o2)sc1Br. The van der Waals surface area contributed by atoms with Crippen molar-refractivity contribution >= 4 is 33.2 Å². The van der Waals surface area contributed by atoms with E-state index in [-0.39, 0.29) is 19.1 Å². The first kappa shape index (κ1) is 13.2. The summed E-state index contributed by atoms with van der Waals surface area (Å²) in [7, 11) is 0. The molecule has 0 saturated carbocycles. The smallest absolute Gasteiger partial charge is 0.329 e. The number of carboxylic acids is 1. The highest BCUT2D eigenvalue weighted by Crippen LogP contribution is 2.33. The van der Waals surface area contributed by atoms with Crippen LogP contribution in [0.15, 0.2) is 14.3 Å². The maximum atomic E-state index is 10.3. The Balaban J connectivity index is 2.03. The number of thiophene rings is 1. The highest BCUT2D eigenvalue weighted by molar-refractivity contribution is 9.11.